The fraction of sp³-hybridized carbons (Fsp3) is 0.333. The van der Waals surface area contributed by atoms with Gasteiger partial charge in [-0.25, -0.2) is 0 Å². The molecule has 0 radical (unpaired) electrons. The predicted molar refractivity (Wildman–Crippen MR) is 99.5 cm³/mol. The van der Waals surface area contributed by atoms with Crippen LogP contribution in [-0.2, 0) is 10.1 Å². The Morgan fingerprint density at radius 3 is 1.96 bits per heavy atom. The van der Waals surface area contributed by atoms with Crippen LogP contribution in [0.25, 0.3) is 0 Å². The van der Waals surface area contributed by atoms with Gasteiger partial charge in [-0.3, -0.25) is 4.55 Å². The van der Waals surface area contributed by atoms with Gasteiger partial charge in [0.25, 0.3) is 10.1 Å². The van der Waals surface area contributed by atoms with Crippen LogP contribution in [0.4, 0.5) is 17.1 Å². The van der Waals surface area contributed by atoms with Crippen molar-refractivity contribution in [2.75, 3.05) is 11.9 Å². The minimum Gasteiger partial charge on any atom is -0.385 e. The van der Waals surface area contributed by atoms with Crippen molar-refractivity contribution in [2.24, 2.45) is 10.2 Å². The molecule has 0 spiro atoms. The van der Waals surface area contributed by atoms with Crippen LogP contribution in [0.5, 0.6) is 0 Å². The summed E-state index contributed by atoms with van der Waals surface area (Å²) in [5.41, 5.74) is 2.26. The lowest BCUT2D eigenvalue weighted by atomic mass is 10.2. The largest absolute Gasteiger partial charge is 0.385 e. The molecule has 2 aromatic carbocycles. The van der Waals surface area contributed by atoms with Crippen LogP contribution in [-0.4, -0.2) is 19.5 Å². The van der Waals surface area contributed by atoms with Crippen molar-refractivity contribution in [2.45, 2.75) is 37.5 Å². The maximum Gasteiger partial charge on any atom is 0.294 e. The summed E-state index contributed by atoms with van der Waals surface area (Å²) in [5.74, 6) is 0. The minimum atomic E-state index is -4.18. The highest BCUT2D eigenvalue weighted by molar-refractivity contribution is 7.85. The van der Waals surface area contributed by atoms with Crippen molar-refractivity contribution in [3.63, 3.8) is 0 Å². The standard InChI is InChI=1S/C18H23N3O3S/c1-2-3-4-5-14-19-15-6-8-16(9-7-15)20-21-17-10-12-18(13-11-17)25(22,23)24/h6-13,19H,2-5,14H2,1H3,(H,22,23,24). The summed E-state index contributed by atoms with van der Waals surface area (Å²) in [6, 6.07) is 13.2. The van der Waals surface area contributed by atoms with E-state index >= 15 is 0 Å². The monoisotopic (exact) mass is 361 g/mol. The number of anilines is 1. The van der Waals surface area contributed by atoms with Gasteiger partial charge < -0.3 is 5.32 Å². The summed E-state index contributed by atoms with van der Waals surface area (Å²) < 4.78 is 30.9. The smallest absolute Gasteiger partial charge is 0.294 e. The summed E-state index contributed by atoms with van der Waals surface area (Å²) in [4.78, 5) is -0.166. The van der Waals surface area contributed by atoms with Gasteiger partial charge in [0.1, 0.15) is 0 Å². The quantitative estimate of drug-likeness (QED) is 0.358. The molecule has 0 amide bonds. The number of hydrogen-bond donors (Lipinski definition) is 2. The minimum absolute atomic E-state index is 0.166. The van der Waals surface area contributed by atoms with E-state index in [-0.39, 0.29) is 4.90 Å². The van der Waals surface area contributed by atoms with Crippen molar-refractivity contribution in [1.29, 1.82) is 0 Å². The maximum absolute atomic E-state index is 11.0. The summed E-state index contributed by atoms with van der Waals surface area (Å²) in [7, 11) is -4.18. The van der Waals surface area contributed by atoms with Crippen molar-refractivity contribution < 1.29 is 13.0 Å². The molecule has 0 bridgehead atoms. The first-order chi connectivity index (χ1) is 12.0. The van der Waals surface area contributed by atoms with E-state index in [0.717, 1.165) is 18.7 Å². The highest BCUT2D eigenvalue weighted by Gasteiger charge is 2.07. The first-order valence-corrected chi connectivity index (χ1v) is 9.76. The molecule has 0 heterocycles. The summed E-state index contributed by atoms with van der Waals surface area (Å²) in [6.45, 7) is 3.16. The second kappa shape index (κ2) is 9.29. The molecule has 2 N–H and O–H groups in total. The molecule has 0 unspecified atom stereocenters. The lowest BCUT2D eigenvalue weighted by molar-refractivity contribution is 0.483. The Balaban J connectivity index is 1.89. The molecule has 2 aromatic rings. The fourth-order valence-electron chi connectivity index (χ4n) is 2.23. The number of nitrogens with zero attached hydrogens (tertiary/aromatic N) is 2. The van der Waals surface area contributed by atoms with Gasteiger partial charge in [-0.05, 0) is 55.0 Å². The Bertz CT molecular complexity index is 785. The maximum atomic E-state index is 11.0. The number of azo groups is 1. The molecule has 134 valence electrons. The highest BCUT2D eigenvalue weighted by atomic mass is 32.2. The topological polar surface area (TPSA) is 91.1 Å². The van der Waals surface area contributed by atoms with Gasteiger partial charge in [0.2, 0.25) is 0 Å². The molecule has 25 heavy (non-hydrogen) atoms. The van der Waals surface area contributed by atoms with Gasteiger partial charge in [0.05, 0.1) is 16.3 Å². The fourth-order valence-corrected chi connectivity index (χ4v) is 2.71. The zero-order valence-electron chi connectivity index (χ0n) is 14.2. The molecule has 0 aliphatic heterocycles. The van der Waals surface area contributed by atoms with Crippen LogP contribution in [0, 0.1) is 0 Å². The number of rotatable bonds is 9. The third-order valence-electron chi connectivity index (χ3n) is 3.64. The van der Waals surface area contributed by atoms with E-state index in [0.29, 0.717) is 11.4 Å². The van der Waals surface area contributed by atoms with Crippen LogP contribution in [0.2, 0.25) is 0 Å². The number of nitrogens with one attached hydrogen (secondary N) is 1. The second-order valence-corrected chi connectivity index (χ2v) is 7.12. The van der Waals surface area contributed by atoms with Gasteiger partial charge in [0.15, 0.2) is 0 Å². The molecule has 0 saturated carbocycles. The molecule has 6 nitrogen and oxygen atoms in total. The average Bonchev–Trinajstić information content (AvgIpc) is 2.60. The molecule has 0 aliphatic carbocycles. The zero-order chi connectivity index (χ0) is 18.1. The van der Waals surface area contributed by atoms with Crippen molar-refractivity contribution >= 4 is 27.2 Å². The van der Waals surface area contributed by atoms with E-state index in [1.54, 1.807) is 0 Å². The number of benzene rings is 2. The van der Waals surface area contributed by atoms with E-state index in [4.69, 9.17) is 4.55 Å². The number of unbranched alkanes of at least 4 members (excludes halogenated alkanes) is 3. The SMILES string of the molecule is CCCCCCNc1ccc(N=Nc2ccc(S(=O)(=O)O)cc2)cc1. The van der Waals surface area contributed by atoms with Crippen LogP contribution >= 0.6 is 0 Å². The van der Waals surface area contributed by atoms with E-state index in [9.17, 15) is 8.42 Å². The van der Waals surface area contributed by atoms with Gasteiger partial charge in [-0.2, -0.15) is 18.6 Å². The molecular formula is C18H23N3O3S. The zero-order valence-corrected chi connectivity index (χ0v) is 15.0. The first kappa shape index (κ1) is 19.1. The number of hydrogen-bond acceptors (Lipinski definition) is 5. The highest BCUT2D eigenvalue weighted by Crippen LogP contribution is 2.21. The molecule has 2 rings (SSSR count). The summed E-state index contributed by atoms with van der Waals surface area (Å²) >= 11 is 0. The summed E-state index contributed by atoms with van der Waals surface area (Å²) in [6.07, 6.45) is 4.91. The van der Waals surface area contributed by atoms with Gasteiger partial charge >= 0.3 is 0 Å². The normalized spacial score (nSPS) is 11.8. The van der Waals surface area contributed by atoms with E-state index in [2.05, 4.69) is 22.5 Å². The van der Waals surface area contributed by atoms with E-state index in [1.807, 2.05) is 24.3 Å². The molecular weight excluding hydrogens is 338 g/mol. The predicted octanol–water partition coefficient (Wildman–Crippen LogP) is 5.34. The van der Waals surface area contributed by atoms with Crippen molar-refractivity contribution in [1.82, 2.24) is 0 Å². The van der Waals surface area contributed by atoms with Crippen LogP contribution in [0.15, 0.2) is 63.7 Å². The lowest BCUT2D eigenvalue weighted by Crippen LogP contribution is -2.00. The van der Waals surface area contributed by atoms with Crippen LogP contribution in [0.3, 0.4) is 0 Å². The summed E-state index contributed by atoms with van der Waals surface area (Å²) in [5, 5.41) is 11.5. The third-order valence-corrected chi connectivity index (χ3v) is 4.51. The van der Waals surface area contributed by atoms with Gasteiger partial charge in [0, 0.05) is 12.2 Å². The Hall–Kier alpha value is -2.25. The first-order valence-electron chi connectivity index (χ1n) is 8.32. The average molecular weight is 361 g/mol. The molecule has 7 heteroatoms. The molecule has 0 aromatic heterocycles. The Kier molecular flexibility index (Phi) is 7.09. The molecule has 0 aliphatic rings. The van der Waals surface area contributed by atoms with Gasteiger partial charge in [-0.1, -0.05) is 26.2 Å². The Labute approximate surface area is 148 Å². The molecule has 0 saturated heterocycles. The third kappa shape index (κ3) is 6.64. The molecule has 0 fully saturated rings. The van der Waals surface area contributed by atoms with Crippen LogP contribution < -0.4 is 5.32 Å². The second-order valence-electron chi connectivity index (χ2n) is 5.70. The van der Waals surface area contributed by atoms with Crippen LogP contribution in [0.1, 0.15) is 32.6 Å². The Morgan fingerprint density at radius 2 is 1.44 bits per heavy atom. The van der Waals surface area contributed by atoms with Gasteiger partial charge in [-0.15, -0.1) is 0 Å². The Morgan fingerprint density at radius 1 is 0.880 bits per heavy atom. The lowest BCUT2D eigenvalue weighted by Gasteiger charge is -2.05. The van der Waals surface area contributed by atoms with E-state index < -0.39 is 10.1 Å². The van der Waals surface area contributed by atoms with E-state index in [1.165, 1.54) is 43.5 Å². The van der Waals surface area contributed by atoms with Crippen molar-refractivity contribution in [3.8, 4) is 0 Å². The van der Waals surface area contributed by atoms with Crippen molar-refractivity contribution in [3.05, 3.63) is 48.5 Å². The molecule has 0 atom stereocenters.